The van der Waals surface area contributed by atoms with E-state index in [9.17, 15) is 0 Å². The Labute approximate surface area is 137 Å². The van der Waals surface area contributed by atoms with Gasteiger partial charge in [-0.05, 0) is 48.5 Å². The summed E-state index contributed by atoms with van der Waals surface area (Å²) in [5.41, 5.74) is 5.47. The van der Waals surface area contributed by atoms with E-state index >= 15 is 0 Å². The van der Waals surface area contributed by atoms with Crippen molar-refractivity contribution >= 4 is 5.69 Å². The topological polar surface area (TPSA) is 21.7 Å². The molecule has 120 valence electrons. The minimum Gasteiger partial charge on any atom is -0.500 e. The van der Waals surface area contributed by atoms with Gasteiger partial charge in [0.1, 0.15) is 11.5 Å². The first-order valence-electron chi connectivity index (χ1n) is 8.39. The Balaban J connectivity index is 1.87. The molecule has 0 amide bonds. The van der Waals surface area contributed by atoms with Crippen LogP contribution in [-0.2, 0) is 9.47 Å². The van der Waals surface area contributed by atoms with Crippen LogP contribution in [-0.4, -0.2) is 20.8 Å². The number of rotatable bonds is 3. The van der Waals surface area contributed by atoms with Gasteiger partial charge in [-0.2, -0.15) is 0 Å². The average molecular weight is 309 g/mol. The van der Waals surface area contributed by atoms with Crippen molar-refractivity contribution in [2.75, 3.05) is 25.7 Å². The van der Waals surface area contributed by atoms with Crippen molar-refractivity contribution in [1.29, 1.82) is 0 Å². The zero-order valence-electron chi connectivity index (χ0n) is 13.8. The minimum atomic E-state index is 0.674. The molecule has 0 saturated carbocycles. The van der Waals surface area contributed by atoms with Crippen molar-refractivity contribution in [1.82, 2.24) is 0 Å². The molecule has 1 aliphatic heterocycles. The molecule has 1 aromatic rings. The monoisotopic (exact) mass is 309 g/mol. The highest BCUT2D eigenvalue weighted by atomic mass is 16.5. The Morgan fingerprint density at radius 1 is 1.00 bits per heavy atom. The maximum atomic E-state index is 5.80. The lowest BCUT2D eigenvalue weighted by atomic mass is 9.82. The molecule has 3 nitrogen and oxygen atoms in total. The van der Waals surface area contributed by atoms with Gasteiger partial charge < -0.3 is 14.4 Å². The third kappa shape index (κ3) is 2.35. The molecule has 0 saturated heterocycles. The van der Waals surface area contributed by atoms with Crippen LogP contribution in [0.1, 0.15) is 25.7 Å². The highest BCUT2D eigenvalue weighted by molar-refractivity contribution is 5.61. The van der Waals surface area contributed by atoms with Gasteiger partial charge in [0.15, 0.2) is 0 Å². The summed E-state index contributed by atoms with van der Waals surface area (Å²) in [5.74, 6) is 2.69. The van der Waals surface area contributed by atoms with Crippen LogP contribution in [0.15, 0.2) is 64.8 Å². The standard InChI is InChI=1S/C20H23NO2/c1-22-17-11-10-14-8-9-15-12-21(16-6-4-3-5-7-16)13-18(23-2)20(17)19(14)15/h3-7,13-14H,8-12H2,1-2H3. The van der Waals surface area contributed by atoms with Gasteiger partial charge in [-0.25, -0.2) is 0 Å². The van der Waals surface area contributed by atoms with Crippen LogP contribution < -0.4 is 4.90 Å². The molecular formula is C20H23NO2. The van der Waals surface area contributed by atoms with Crippen molar-refractivity contribution in [2.24, 2.45) is 5.92 Å². The minimum absolute atomic E-state index is 0.674. The first-order chi connectivity index (χ1) is 11.3. The van der Waals surface area contributed by atoms with E-state index in [2.05, 4.69) is 41.4 Å². The van der Waals surface area contributed by atoms with Crippen LogP contribution in [0.2, 0.25) is 0 Å². The Morgan fingerprint density at radius 3 is 2.52 bits per heavy atom. The van der Waals surface area contributed by atoms with E-state index in [1.807, 2.05) is 0 Å². The largest absolute Gasteiger partial charge is 0.500 e. The average Bonchev–Trinajstić information content (AvgIpc) is 2.93. The summed E-state index contributed by atoms with van der Waals surface area (Å²) in [4.78, 5) is 2.31. The van der Waals surface area contributed by atoms with E-state index in [0.717, 1.165) is 24.5 Å². The fourth-order valence-corrected chi connectivity index (χ4v) is 4.20. The third-order valence-electron chi connectivity index (χ3n) is 5.29. The molecule has 1 atom stereocenters. The summed E-state index contributed by atoms with van der Waals surface area (Å²) in [7, 11) is 3.55. The first kappa shape index (κ1) is 14.4. The number of ether oxygens (including phenoxy) is 2. The van der Waals surface area contributed by atoms with Gasteiger partial charge in [0.05, 0.1) is 19.8 Å². The van der Waals surface area contributed by atoms with Gasteiger partial charge in [0.2, 0.25) is 0 Å². The highest BCUT2D eigenvalue weighted by Gasteiger charge is 2.37. The summed E-state index contributed by atoms with van der Waals surface area (Å²) in [5, 5.41) is 0. The summed E-state index contributed by atoms with van der Waals surface area (Å²) in [6, 6.07) is 10.5. The highest BCUT2D eigenvalue weighted by Crippen LogP contribution is 2.49. The molecule has 1 heterocycles. The van der Waals surface area contributed by atoms with E-state index in [1.54, 1.807) is 19.8 Å². The predicted molar refractivity (Wildman–Crippen MR) is 91.9 cm³/mol. The molecule has 0 radical (unpaired) electrons. The molecule has 3 heteroatoms. The maximum Gasteiger partial charge on any atom is 0.145 e. The Kier molecular flexibility index (Phi) is 3.64. The molecule has 23 heavy (non-hydrogen) atoms. The first-order valence-corrected chi connectivity index (χ1v) is 8.39. The predicted octanol–water partition coefficient (Wildman–Crippen LogP) is 4.40. The number of allylic oxidation sites excluding steroid dienone is 2. The van der Waals surface area contributed by atoms with Crippen LogP contribution in [0.5, 0.6) is 0 Å². The van der Waals surface area contributed by atoms with Crippen LogP contribution >= 0.6 is 0 Å². The fraction of sp³-hybridized carbons (Fsp3) is 0.400. The van der Waals surface area contributed by atoms with Gasteiger partial charge in [-0.3, -0.25) is 0 Å². The third-order valence-corrected chi connectivity index (χ3v) is 5.29. The zero-order chi connectivity index (χ0) is 15.8. The van der Waals surface area contributed by atoms with Crippen molar-refractivity contribution < 1.29 is 9.47 Å². The summed E-state index contributed by atoms with van der Waals surface area (Å²) >= 11 is 0. The van der Waals surface area contributed by atoms with E-state index in [-0.39, 0.29) is 0 Å². The van der Waals surface area contributed by atoms with Crippen LogP contribution in [0.3, 0.4) is 0 Å². The lowest BCUT2D eigenvalue weighted by Gasteiger charge is -2.27. The molecule has 1 unspecified atom stereocenters. The Bertz CT molecular complexity index is 700. The number of para-hydroxylation sites is 1. The number of anilines is 1. The second-order valence-corrected chi connectivity index (χ2v) is 6.45. The number of nitrogens with zero attached hydrogens (tertiary/aromatic N) is 1. The van der Waals surface area contributed by atoms with Crippen molar-refractivity contribution in [3.8, 4) is 0 Å². The molecule has 0 N–H and O–H groups in total. The Hall–Kier alpha value is -2.16. The van der Waals surface area contributed by atoms with Crippen molar-refractivity contribution in [3.63, 3.8) is 0 Å². The van der Waals surface area contributed by atoms with Crippen molar-refractivity contribution in [3.05, 3.63) is 64.8 Å². The molecule has 0 spiro atoms. The van der Waals surface area contributed by atoms with Crippen LogP contribution in [0, 0.1) is 5.92 Å². The second-order valence-electron chi connectivity index (χ2n) is 6.45. The normalized spacial score (nSPS) is 23.5. The molecule has 4 rings (SSSR count). The van der Waals surface area contributed by atoms with Gasteiger partial charge in [-0.15, -0.1) is 0 Å². The maximum absolute atomic E-state index is 5.80. The Morgan fingerprint density at radius 2 is 1.78 bits per heavy atom. The molecule has 0 aromatic heterocycles. The molecule has 3 aliphatic rings. The summed E-state index contributed by atoms with van der Waals surface area (Å²) in [6.07, 6.45) is 6.82. The smallest absolute Gasteiger partial charge is 0.145 e. The summed E-state index contributed by atoms with van der Waals surface area (Å²) < 4.78 is 11.5. The summed E-state index contributed by atoms with van der Waals surface area (Å²) in [6.45, 7) is 0.948. The molecule has 0 fully saturated rings. The zero-order valence-corrected chi connectivity index (χ0v) is 13.8. The van der Waals surface area contributed by atoms with Gasteiger partial charge in [0.25, 0.3) is 0 Å². The van der Waals surface area contributed by atoms with E-state index < -0.39 is 0 Å². The second kappa shape index (κ2) is 5.80. The number of hydrogen-bond acceptors (Lipinski definition) is 3. The number of hydrogen-bond donors (Lipinski definition) is 0. The van der Waals surface area contributed by atoms with E-state index in [4.69, 9.17) is 9.47 Å². The SMILES string of the molecule is COC1=CN(c2ccccc2)CC2=C3C1=C(OC)CCC3CC2. The van der Waals surface area contributed by atoms with Gasteiger partial charge >= 0.3 is 0 Å². The number of methoxy groups -OCH3 is 2. The lowest BCUT2D eigenvalue weighted by Crippen LogP contribution is -2.18. The molecular weight excluding hydrogens is 286 g/mol. The lowest BCUT2D eigenvalue weighted by molar-refractivity contribution is 0.243. The van der Waals surface area contributed by atoms with Gasteiger partial charge in [-0.1, -0.05) is 18.2 Å². The quantitative estimate of drug-likeness (QED) is 0.826. The van der Waals surface area contributed by atoms with Gasteiger partial charge in [0, 0.05) is 24.9 Å². The number of benzene rings is 1. The molecule has 2 aliphatic carbocycles. The molecule has 0 bridgehead atoms. The van der Waals surface area contributed by atoms with Crippen LogP contribution in [0.4, 0.5) is 5.69 Å². The van der Waals surface area contributed by atoms with E-state index in [0.29, 0.717) is 5.92 Å². The fourth-order valence-electron chi connectivity index (χ4n) is 4.20. The molecule has 1 aromatic carbocycles. The van der Waals surface area contributed by atoms with Crippen molar-refractivity contribution in [2.45, 2.75) is 25.7 Å². The van der Waals surface area contributed by atoms with Crippen LogP contribution in [0.25, 0.3) is 0 Å². The van der Waals surface area contributed by atoms with E-state index in [1.165, 1.54) is 36.1 Å².